The number of amides is 1. The maximum atomic E-state index is 11.9. The summed E-state index contributed by atoms with van der Waals surface area (Å²) < 4.78 is 5.12. The molecule has 20 heavy (non-hydrogen) atoms. The van der Waals surface area contributed by atoms with E-state index in [2.05, 4.69) is 0 Å². The van der Waals surface area contributed by atoms with Gasteiger partial charge in [-0.25, -0.2) is 9.59 Å². The van der Waals surface area contributed by atoms with Gasteiger partial charge < -0.3 is 9.84 Å². The SMILES string of the molecule is CCCCC(C(=O)O)N(C)C(=O)OCc1ccccc1. The third-order valence-electron chi connectivity index (χ3n) is 3.08. The average Bonchev–Trinajstić information content (AvgIpc) is 2.45. The van der Waals surface area contributed by atoms with Crippen LogP contribution >= 0.6 is 0 Å². The summed E-state index contributed by atoms with van der Waals surface area (Å²) in [4.78, 5) is 24.2. The van der Waals surface area contributed by atoms with Crippen LogP contribution in [0.1, 0.15) is 31.7 Å². The van der Waals surface area contributed by atoms with Crippen LogP contribution in [-0.4, -0.2) is 35.2 Å². The van der Waals surface area contributed by atoms with Gasteiger partial charge in [-0.05, 0) is 12.0 Å². The van der Waals surface area contributed by atoms with E-state index in [0.29, 0.717) is 6.42 Å². The lowest BCUT2D eigenvalue weighted by Gasteiger charge is -2.24. The fourth-order valence-corrected chi connectivity index (χ4v) is 1.83. The molecule has 0 aliphatic rings. The Morgan fingerprint density at radius 2 is 1.95 bits per heavy atom. The predicted molar refractivity (Wildman–Crippen MR) is 75.3 cm³/mol. The van der Waals surface area contributed by atoms with Crippen LogP contribution in [0.5, 0.6) is 0 Å². The van der Waals surface area contributed by atoms with Crippen molar-refractivity contribution >= 4 is 12.1 Å². The van der Waals surface area contributed by atoms with Gasteiger partial charge in [0, 0.05) is 7.05 Å². The number of carbonyl (C=O) groups is 2. The zero-order chi connectivity index (χ0) is 15.0. The maximum absolute atomic E-state index is 11.9. The van der Waals surface area contributed by atoms with E-state index in [9.17, 15) is 9.59 Å². The van der Waals surface area contributed by atoms with Gasteiger partial charge in [0.25, 0.3) is 0 Å². The molecular weight excluding hydrogens is 258 g/mol. The summed E-state index contributed by atoms with van der Waals surface area (Å²) in [6.45, 7) is 2.12. The van der Waals surface area contributed by atoms with Crippen molar-refractivity contribution in [2.45, 2.75) is 38.8 Å². The fourth-order valence-electron chi connectivity index (χ4n) is 1.83. The van der Waals surface area contributed by atoms with E-state index < -0.39 is 18.1 Å². The minimum Gasteiger partial charge on any atom is -0.480 e. The molecule has 1 unspecified atom stereocenters. The number of hydrogen-bond donors (Lipinski definition) is 1. The Morgan fingerprint density at radius 3 is 2.50 bits per heavy atom. The number of rotatable bonds is 7. The van der Waals surface area contributed by atoms with Crippen molar-refractivity contribution < 1.29 is 19.4 Å². The van der Waals surface area contributed by atoms with Crippen LogP contribution in [-0.2, 0) is 16.1 Å². The first-order chi connectivity index (χ1) is 9.56. The lowest BCUT2D eigenvalue weighted by Crippen LogP contribution is -2.42. The first-order valence-corrected chi connectivity index (χ1v) is 6.72. The molecule has 0 aromatic heterocycles. The minimum atomic E-state index is -1.00. The first kappa shape index (κ1) is 16.0. The number of hydrogen-bond acceptors (Lipinski definition) is 3. The summed E-state index contributed by atoms with van der Waals surface area (Å²) in [5.74, 6) is -1.00. The first-order valence-electron chi connectivity index (χ1n) is 6.72. The maximum Gasteiger partial charge on any atom is 0.410 e. The Hall–Kier alpha value is -2.04. The fraction of sp³-hybridized carbons (Fsp3) is 0.467. The normalized spacial score (nSPS) is 11.7. The van der Waals surface area contributed by atoms with E-state index in [0.717, 1.165) is 23.3 Å². The molecule has 0 fully saturated rings. The summed E-state index contributed by atoms with van der Waals surface area (Å²) in [6, 6.07) is 8.45. The molecule has 0 heterocycles. The smallest absolute Gasteiger partial charge is 0.410 e. The number of carboxylic acid groups (broad SMARTS) is 1. The standard InChI is InChI=1S/C15H21NO4/c1-3-4-10-13(14(17)18)16(2)15(19)20-11-12-8-6-5-7-9-12/h5-9,13H,3-4,10-11H2,1-2H3,(H,17,18). The van der Waals surface area contributed by atoms with E-state index in [1.54, 1.807) is 0 Å². The summed E-state index contributed by atoms with van der Waals surface area (Å²) >= 11 is 0. The van der Waals surface area contributed by atoms with E-state index in [1.807, 2.05) is 37.3 Å². The van der Waals surface area contributed by atoms with E-state index in [-0.39, 0.29) is 6.61 Å². The molecule has 0 saturated heterocycles. The molecule has 0 saturated carbocycles. The van der Waals surface area contributed by atoms with Crippen LogP contribution in [0, 0.1) is 0 Å². The highest BCUT2D eigenvalue weighted by atomic mass is 16.6. The summed E-state index contributed by atoms with van der Waals surface area (Å²) in [7, 11) is 1.46. The molecule has 0 spiro atoms. The van der Waals surface area contributed by atoms with Crippen molar-refractivity contribution in [1.29, 1.82) is 0 Å². The van der Waals surface area contributed by atoms with Crippen molar-refractivity contribution in [3.8, 4) is 0 Å². The highest BCUT2D eigenvalue weighted by molar-refractivity contribution is 5.79. The Kier molecular flexibility index (Phi) is 6.56. The second kappa shape index (κ2) is 8.19. The Balaban J connectivity index is 2.53. The highest BCUT2D eigenvalue weighted by Gasteiger charge is 2.26. The van der Waals surface area contributed by atoms with Gasteiger partial charge in [-0.15, -0.1) is 0 Å². The Morgan fingerprint density at radius 1 is 1.30 bits per heavy atom. The van der Waals surface area contributed by atoms with E-state index >= 15 is 0 Å². The monoisotopic (exact) mass is 279 g/mol. The lowest BCUT2D eigenvalue weighted by atomic mass is 10.1. The van der Waals surface area contributed by atoms with E-state index in [1.165, 1.54) is 7.05 Å². The second-order valence-electron chi connectivity index (χ2n) is 4.65. The van der Waals surface area contributed by atoms with Crippen LogP contribution in [0.25, 0.3) is 0 Å². The topological polar surface area (TPSA) is 66.8 Å². The van der Waals surface area contributed by atoms with Crippen molar-refractivity contribution in [2.24, 2.45) is 0 Å². The van der Waals surface area contributed by atoms with Gasteiger partial charge in [0.1, 0.15) is 12.6 Å². The van der Waals surface area contributed by atoms with Gasteiger partial charge in [-0.3, -0.25) is 4.90 Å². The quantitative estimate of drug-likeness (QED) is 0.833. The largest absolute Gasteiger partial charge is 0.480 e. The third kappa shape index (κ3) is 4.91. The Bertz CT molecular complexity index is 433. The molecule has 1 aromatic carbocycles. The molecule has 1 atom stereocenters. The number of ether oxygens (including phenoxy) is 1. The number of aliphatic carboxylic acids is 1. The van der Waals surface area contributed by atoms with Gasteiger partial charge in [0.2, 0.25) is 0 Å². The van der Waals surface area contributed by atoms with Crippen molar-refractivity contribution in [3.63, 3.8) is 0 Å². The molecule has 0 aliphatic carbocycles. The molecule has 1 rings (SSSR count). The highest BCUT2D eigenvalue weighted by Crippen LogP contribution is 2.10. The Labute approximate surface area is 119 Å². The molecule has 5 nitrogen and oxygen atoms in total. The van der Waals surface area contributed by atoms with Gasteiger partial charge >= 0.3 is 12.1 Å². The van der Waals surface area contributed by atoms with Gasteiger partial charge in [0.05, 0.1) is 0 Å². The number of unbranched alkanes of at least 4 members (excludes halogenated alkanes) is 1. The summed E-state index contributed by atoms with van der Waals surface area (Å²) in [6.07, 6.45) is 1.46. The molecule has 1 aromatic rings. The molecule has 5 heteroatoms. The molecular formula is C15H21NO4. The molecule has 1 amide bonds. The number of carboxylic acids is 1. The van der Waals surface area contributed by atoms with Crippen LogP contribution in [0.2, 0.25) is 0 Å². The minimum absolute atomic E-state index is 0.143. The molecule has 0 bridgehead atoms. The van der Waals surface area contributed by atoms with Gasteiger partial charge in [-0.1, -0.05) is 50.1 Å². The zero-order valence-electron chi connectivity index (χ0n) is 11.9. The van der Waals surface area contributed by atoms with Crippen molar-refractivity contribution in [3.05, 3.63) is 35.9 Å². The molecule has 0 aliphatic heterocycles. The zero-order valence-corrected chi connectivity index (χ0v) is 11.9. The number of carbonyl (C=O) groups excluding carboxylic acids is 1. The van der Waals surface area contributed by atoms with Crippen LogP contribution in [0.3, 0.4) is 0 Å². The second-order valence-corrected chi connectivity index (χ2v) is 4.65. The number of likely N-dealkylation sites (N-methyl/N-ethyl adjacent to an activating group) is 1. The van der Waals surface area contributed by atoms with Gasteiger partial charge in [-0.2, -0.15) is 0 Å². The molecule has 0 radical (unpaired) electrons. The lowest BCUT2D eigenvalue weighted by molar-refractivity contribution is -0.142. The predicted octanol–water partition coefficient (Wildman–Crippen LogP) is 2.90. The third-order valence-corrected chi connectivity index (χ3v) is 3.08. The number of benzene rings is 1. The van der Waals surface area contributed by atoms with Crippen molar-refractivity contribution in [1.82, 2.24) is 4.90 Å². The average molecular weight is 279 g/mol. The summed E-state index contributed by atoms with van der Waals surface area (Å²) in [5, 5.41) is 9.15. The van der Waals surface area contributed by atoms with E-state index in [4.69, 9.17) is 9.84 Å². The molecule has 110 valence electrons. The van der Waals surface area contributed by atoms with Crippen molar-refractivity contribution in [2.75, 3.05) is 7.05 Å². The van der Waals surface area contributed by atoms with Crippen LogP contribution < -0.4 is 0 Å². The number of nitrogens with zero attached hydrogens (tertiary/aromatic N) is 1. The summed E-state index contributed by atoms with van der Waals surface area (Å²) in [5.41, 5.74) is 0.870. The van der Waals surface area contributed by atoms with Gasteiger partial charge in [0.15, 0.2) is 0 Å². The van der Waals surface area contributed by atoms with Crippen LogP contribution in [0.15, 0.2) is 30.3 Å². The van der Waals surface area contributed by atoms with Crippen LogP contribution in [0.4, 0.5) is 4.79 Å². The molecule has 1 N–H and O–H groups in total.